The topological polar surface area (TPSA) is 89.3 Å². The summed E-state index contributed by atoms with van der Waals surface area (Å²) in [5.41, 5.74) is -3.17. The standard InChI is InChI=1S/C23H22F7IN2O3S/c1-11-9-12(21(24,22(25,26)27)23(28,29)30)5-8-15(11)33-19(35)13-6-7-14(31)17(16(13)18(32)34)20(2,3)10-37(4)36/h5-9H,10H2,1-4H3,(H2,32,34)(H,33,35). The van der Waals surface area contributed by atoms with E-state index in [1.807, 2.05) is 22.6 Å². The van der Waals surface area contributed by atoms with Crippen molar-refractivity contribution in [2.24, 2.45) is 5.73 Å². The van der Waals surface area contributed by atoms with Gasteiger partial charge in [-0.3, -0.25) is 13.8 Å². The van der Waals surface area contributed by atoms with Gasteiger partial charge in [-0.2, -0.15) is 26.3 Å². The lowest BCUT2D eigenvalue weighted by Gasteiger charge is -2.30. The molecule has 2 aromatic carbocycles. The molecule has 1 unspecified atom stereocenters. The summed E-state index contributed by atoms with van der Waals surface area (Å²) in [6, 6.07) is 4.11. The van der Waals surface area contributed by atoms with Crippen molar-refractivity contribution in [2.75, 3.05) is 17.3 Å². The zero-order valence-corrected chi connectivity index (χ0v) is 22.8. The maximum atomic E-state index is 14.4. The molecule has 0 aromatic heterocycles. The van der Waals surface area contributed by atoms with E-state index in [0.717, 1.165) is 6.92 Å². The van der Waals surface area contributed by atoms with Crippen LogP contribution in [0.4, 0.5) is 36.4 Å². The van der Waals surface area contributed by atoms with Gasteiger partial charge in [0.05, 0.1) is 11.1 Å². The molecule has 3 N–H and O–H groups in total. The number of primary amides is 1. The van der Waals surface area contributed by atoms with Gasteiger partial charge in [-0.15, -0.1) is 0 Å². The number of hydrogen-bond donors (Lipinski definition) is 2. The van der Waals surface area contributed by atoms with E-state index >= 15 is 0 Å². The first-order valence-corrected chi connectivity index (χ1v) is 13.1. The summed E-state index contributed by atoms with van der Waals surface area (Å²) in [7, 11) is -1.29. The van der Waals surface area contributed by atoms with E-state index in [1.54, 1.807) is 13.8 Å². The fourth-order valence-corrected chi connectivity index (χ4v) is 6.30. The summed E-state index contributed by atoms with van der Waals surface area (Å²) in [6.07, 6.45) is -11.1. The van der Waals surface area contributed by atoms with Crippen LogP contribution in [0.1, 0.15) is 51.3 Å². The fourth-order valence-electron chi connectivity index (χ4n) is 3.96. The summed E-state index contributed by atoms with van der Waals surface area (Å²) < 4.78 is 105. The van der Waals surface area contributed by atoms with Gasteiger partial charge < -0.3 is 11.1 Å². The number of carbonyl (C=O) groups excluding carboxylic acids is 2. The van der Waals surface area contributed by atoms with E-state index in [0.29, 0.717) is 21.3 Å². The number of hydrogen-bond acceptors (Lipinski definition) is 3. The largest absolute Gasteiger partial charge is 0.435 e. The third kappa shape index (κ3) is 6.10. The van der Waals surface area contributed by atoms with Crippen LogP contribution < -0.4 is 11.1 Å². The van der Waals surface area contributed by atoms with Crippen LogP contribution in [0.15, 0.2) is 30.3 Å². The minimum Gasteiger partial charge on any atom is -0.366 e. The molecule has 2 aromatic rings. The molecule has 204 valence electrons. The third-order valence-electron chi connectivity index (χ3n) is 5.54. The van der Waals surface area contributed by atoms with Crippen molar-refractivity contribution in [3.63, 3.8) is 0 Å². The van der Waals surface area contributed by atoms with Gasteiger partial charge in [0.15, 0.2) is 0 Å². The maximum Gasteiger partial charge on any atom is 0.435 e. The monoisotopic (exact) mass is 666 g/mol. The lowest BCUT2D eigenvalue weighted by Crippen LogP contribution is -2.50. The highest BCUT2D eigenvalue weighted by atomic mass is 127. The Hall–Kier alpha value is -2.23. The maximum absolute atomic E-state index is 14.4. The van der Waals surface area contributed by atoms with Crippen LogP contribution in [0.3, 0.4) is 0 Å². The van der Waals surface area contributed by atoms with Gasteiger partial charge in [-0.1, -0.05) is 26.0 Å². The predicted octanol–water partition coefficient (Wildman–Crippen LogP) is 5.90. The van der Waals surface area contributed by atoms with Crippen molar-refractivity contribution in [3.8, 4) is 0 Å². The van der Waals surface area contributed by atoms with Gasteiger partial charge in [-0.25, -0.2) is 4.39 Å². The van der Waals surface area contributed by atoms with Crippen molar-refractivity contribution in [2.45, 2.75) is 44.2 Å². The fraction of sp³-hybridized carbons (Fsp3) is 0.391. The molecule has 0 radical (unpaired) electrons. The van der Waals surface area contributed by atoms with Crippen molar-refractivity contribution >= 4 is 50.9 Å². The van der Waals surface area contributed by atoms with Crippen LogP contribution in [0.2, 0.25) is 0 Å². The van der Waals surface area contributed by atoms with Crippen LogP contribution >= 0.6 is 22.6 Å². The van der Waals surface area contributed by atoms with E-state index < -0.39 is 51.6 Å². The van der Waals surface area contributed by atoms with Crippen LogP contribution in [-0.2, 0) is 21.9 Å². The number of nitrogens with one attached hydrogen (secondary N) is 1. The van der Waals surface area contributed by atoms with Crippen molar-refractivity contribution < 1.29 is 44.5 Å². The Labute approximate surface area is 224 Å². The number of rotatable bonds is 7. The number of carbonyl (C=O) groups is 2. The van der Waals surface area contributed by atoms with Gasteiger partial charge in [0.1, 0.15) is 0 Å². The summed E-state index contributed by atoms with van der Waals surface area (Å²) in [5, 5.41) is 2.32. The Balaban J connectivity index is 2.58. The number of aryl methyl sites for hydroxylation is 1. The minimum absolute atomic E-state index is 0.123. The molecule has 0 saturated heterocycles. The number of benzene rings is 2. The summed E-state index contributed by atoms with van der Waals surface area (Å²) in [5.74, 6) is -1.79. The first-order chi connectivity index (χ1) is 16.6. The van der Waals surface area contributed by atoms with Crippen LogP contribution in [0, 0.1) is 10.5 Å². The molecule has 1 atom stereocenters. The van der Waals surface area contributed by atoms with Gasteiger partial charge in [0, 0.05) is 43.0 Å². The number of halogens is 8. The Kier molecular flexibility index (Phi) is 8.79. The molecule has 0 aliphatic carbocycles. The second-order valence-corrected chi connectivity index (χ2v) is 11.5. The van der Waals surface area contributed by atoms with Crippen LogP contribution in [0.25, 0.3) is 0 Å². The van der Waals surface area contributed by atoms with Crippen LogP contribution in [0.5, 0.6) is 0 Å². The Morgan fingerprint density at radius 2 is 1.54 bits per heavy atom. The highest BCUT2D eigenvalue weighted by molar-refractivity contribution is 14.1. The van der Waals surface area contributed by atoms with Gasteiger partial charge >= 0.3 is 18.0 Å². The third-order valence-corrected chi connectivity index (χ3v) is 7.57. The van der Waals surface area contributed by atoms with Crippen molar-refractivity contribution in [1.29, 1.82) is 0 Å². The molecular formula is C23H22F7IN2O3S. The minimum atomic E-state index is -6.29. The second-order valence-electron chi connectivity index (χ2n) is 8.95. The molecule has 0 heterocycles. The predicted molar refractivity (Wildman–Crippen MR) is 134 cm³/mol. The molecule has 37 heavy (non-hydrogen) atoms. The molecule has 0 saturated carbocycles. The zero-order chi connectivity index (χ0) is 28.7. The van der Waals surface area contributed by atoms with Gasteiger partial charge in [0.25, 0.3) is 5.91 Å². The lowest BCUT2D eigenvalue weighted by molar-refractivity contribution is -0.348. The van der Waals surface area contributed by atoms with Crippen molar-refractivity contribution in [3.05, 3.63) is 61.7 Å². The quantitative estimate of drug-likeness (QED) is 0.285. The normalized spacial score (nSPS) is 13.8. The first-order valence-electron chi connectivity index (χ1n) is 10.3. The van der Waals surface area contributed by atoms with E-state index in [9.17, 15) is 44.5 Å². The Morgan fingerprint density at radius 1 is 1.00 bits per heavy atom. The molecule has 5 nitrogen and oxygen atoms in total. The Bertz CT molecular complexity index is 1250. The molecule has 0 bridgehead atoms. The number of anilines is 1. The lowest BCUT2D eigenvalue weighted by atomic mass is 9.81. The summed E-state index contributed by atoms with van der Waals surface area (Å²) in [4.78, 5) is 25.5. The molecular weight excluding hydrogens is 644 g/mol. The highest BCUT2D eigenvalue weighted by Gasteiger charge is 2.73. The average Bonchev–Trinajstić information content (AvgIpc) is 2.71. The zero-order valence-electron chi connectivity index (χ0n) is 19.8. The van der Waals surface area contributed by atoms with Gasteiger partial charge in [-0.05, 0) is 58.8 Å². The smallest absolute Gasteiger partial charge is 0.366 e. The molecule has 0 spiro atoms. The molecule has 14 heteroatoms. The van der Waals surface area contributed by atoms with E-state index in [2.05, 4.69) is 5.32 Å². The van der Waals surface area contributed by atoms with E-state index in [1.165, 1.54) is 18.4 Å². The number of nitrogens with two attached hydrogens (primary N) is 1. The Morgan fingerprint density at radius 3 is 1.97 bits per heavy atom. The van der Waals surface area contributed by atoms with E-state index in [4.69, 9.17) is 5.73 Å². The second kappa shape index (κ2) is 10.5. The van der Waals surface area contributed by atoms with Crippen LogP contribution in [-0.4, -0.2) is 40.4 Å². The number of alkyl halides is 7. The molecule has 0 aliphatic rings. The SMILES string of the molecule is Cc1cc(C(F)(C(F)(F)F)C(F)(F)F)ccc1NC(=O)c1ccc(I)c(C(C)(C)CS(C)=O)c1C(N)=O. The highest BCUT2D eigenvalue weighted by Crippen LogP contribution is 2.53. The molecule has 0 aliphatic heterocycles. The van der Waals surface area contributed by atoms with Crippen molar-refractivity contribution in [1.82, 2.24) is 0 Å². The average molecular weight is 666 g/mol. The first kappa shape index (κ1) is 31.0. The van der Waals surface area contributed by atoms with E-state index in [-0.39, 0.29) is 34.2 Å². The summed E-state index contributed by atoms with van der Waals surface area (Å²) >= 11 is 1.93. The molecule has 2 rings (SSSR count). The molecule has 2 amide bonds. The number of amides is 2. The van der Waals surface area contributed by atoms with Gasteiger partial charge in [0.2, 0.25) is 5.91 Å². The summed E-state index contributed by atoms with van der Waals surface area (Å²) in [6.45, 7) is 4.49. The molecule has 0 fully saturated rings.